The number of carbonyl (C=O) groups excluding carboxylic acids is 1. The lowest BCUT2D eigenvalue weighted by Gasteiger charge is -2.37. The van der Waals surface area contributed by atoms with E-state index in [2.05, 4.69) is 5.32 Å². The highest BCUT2D eigenvalue weighted by atomic mass is 16.4. The van der Waals surface area contributed by atoms with Crippen LogP contribution in [0.2, 0.25) is 0 Å². The standard InChI is InChI=1S/C12H24N2O3/c1-9(8-13-5)11(17)14(12(2,3)4)7-6-10(15)16/h9,13H,6-8H2,1-5H3,(H,15,16). The third-order valence-corrected chi connectivity index (χ3v) is 2.56. The molecule has 0 aliphatic carbocycles. The van der Waals surface area contributed by atoms with E-state index in [0.717, 1.165) is 0 Å². The molecule has 0 saturated heterocycles. The number of hydrogen-bond donors (Lipinski definition) is 2. The Morgan fingerprint density at radius 2 is 1.88 bits per heavy atom. The molecule has 5 heteroatoms. The number of nitrogens with zero attached hydrogens (tertiary/aromatic N) is 1. The van der Waals surface area contributed by atoms with Crippen molar-refractivity contribution in [2.24, 2.45) is 5.92 Å². The number of amides is 1. The smallest absolute Gasteiger partial charge is 0.305 e. The quantitative estimate of drug-likeness (QED) is 0.729. The third-order valence-electron chi connectivity index (χ3n) is 2.56. The van der Waals surface area contributed by atoms with Gasteiger partial charge in [0.2, 0.25) is 5.91 Å². The van der Waals surface area contributed by atoms with Gasteiger partial charge < -0.3 is 15.3 Å². The second-order valence-electron chi connectivity index (χ2n) is 5.26. The SMILES string of the molecule is CNCC(C)C(=O)N(CCC(=O)O)C(C)(C)C. The Morgan fingerprint density at radius 3 is 2.24 bits per heavy atom. The number of carbonyl (C=O) groups is 2. The van der Waals surface area contributed by atoms with Crippen molar-refractivity contribution in [3.05, 3.63) is 0 Å². The highest BCUT2D eigenvalue weighted by molar-refractivity contribution is 5.80. The number of hydrogen-bond acceptors (Lipinski definition) is 3. The van der Waals surface area contributed by atoms with Gasteiger partial charge in [-0.1, -0.05) is 6.92 Å². The second-order valence-corrected chi connectivity index (χ2v) is 5.26. The Labute approximate surface area is 103 Å². The highest BCUT2D eigenvalue weighted by Crippen LogP contribution is 2.17. The van der Waals surface area contributed by atoms with Gasteiger partial charge in [-0.05, 0) is 27.8 Å². The van der Waals surface area contributed by atoms with Crippen LogP contribution in [0.3, 0.4) is 0 Å². The molecule has 100 valence electrons. The molecular formula is C12H24N2O3. The number of nitrogens with one attached hydrogen (secondary N) is 1. The predicted octanol–water partition coefficient (Wildman–Crippen LogP) is 0.944. The van der Waals surface area contributed by atoms with Gasteiger partial charge in [0, 0.05) is 24.5 Å². The van der Waals surface area contributed by atoms with Gasteiger partial charge in [-0.2, -0.15) is 0 Å². The molecule has 0 fully saturated rings. The molecule has 5 nitrogen and oxygen atoms in total. The van der Waals surface area contributed by atoms with E-state index in [-0.39, 0.29) is 30.3 Å². The molecule has 0 saturated carbocycles. The lowest BCUT2D eigenvalue weighted by molar-refractivity contribution is -0.142. The maximum atomic E-state index is 12.2. The van der Waals surface area contributed by atoms with Crippen molar-refractivity contribution < 1.29 is 14.7 Å². The van der Waals surface area contributed by atoms with Crippen LogP contribution in [0.25, 0.3) is 0 Å². The Morgan fingerprint density at radius 1 is 1.35 bits per heavy atom. The average Bonchev–Trinajstić information content (AvgIpc) is 2.15. The van der Waals surface area contributed by atoms with Gasteiger partial charge in [0.15, 0.2) is 0 Å². The summed E-state index contributed by atoms with van der Waals surface area (Å²) < 4.78 is 0. The third kappa shape index (κ3) is 5.68. The minimum absolute atomic E-state index is 0.00639. The molecule has 1 atom stereocenters. The Balaban J connectivity index is 4.68. The topological polar surface area (TPSA) is 69.6 Å². The van der Waals surface area contributed by atoms with E-state index in [0.29, 0.717) is 6.54 Å². The molecule has 0 bridgehead atoms. The lowest BCUT2D eigenvalue weighted by Crippen LogP contribution is -2.50. The molecule has 17 heavy (non-hydrogen) atoms. The summed E-state index contributed by atoms with van der Waals surface area (Å²) in [5, 5.41) is 11.7. The van der Waals surface area contributed by atoms with Gasteiger partial charge >= 0.3 is 5.97 Å². The van der Waals surface area contributed by atoms with E-state index in [1.165, 1.54) is 0 Å². The summed E-state index contributed by atoms with van der Waals surface area (Å²) in [5.74, 6) is -1.03. The van der Waals surface area contributed by atoms with Crippen LogP contribution in [0.1, 0.15) is 34.1 Å². The molecule has 0 aromatic rings. The monoisotopic (exact) mass is 244 g/mol. The zero-order chi connectivity index (χ0) is 13.6. The summed E-state index contributed by atoms with van der Waals surface area (Å²) in [4.78, 5) is 24.4. The maximum Gasteiger partial charge on any atom is 0.305 e. The van der Waals surface area contributed by atoms with Gasteiger partial charge in [-0.3, -0.25) is 9.59 Å². The zero-order valence-electron chi connectivity index (χ0n) is 11.4. The predicted molar refractivity (Wildman–Crippen MR) is 66.8 cm³/mol. The Bertz CT molecular complexity index is 271. The average molecular weight is 244 g/mol. The normalized spacial score (nSPS) is 13.2. The fourth-order valence-electron chi connectivity index (χ4n) is 1.64. The first-order valence-corrected chi connectivity index (χ1v) is 5.88. The highest BCUT2D eigenvalue weighted by Gasteiger charge is 2.29. The maximum absolute atomic E-state index is 12.2. The zero-order valence-corrected chi connectivity index (χ0v) is 11.4. The number of carboxylic acids is 1. The Kier molecular flexibility index (Phi) is 6.16. The lowest BCUT2D eigenvalue weighted by atomic mass is 10.0. The fraction of sp³-hybridized carbons (Fsp3) is 0.833. The van der Waals surface area contributed by atoms with Crippen LogP contribution in [0.5, 0.6) is 0 Å². The Hall–Kier alpha value is -1.10. The van der Waals surface area contributed by atoms with Crippen molar-refractivity contribution in [3.63, 3.8) is 0 Å². The van der Waals surface area contributed by atoms with Crippen LogP contribution in [0.15, 0.2) is 0 Å². The van der Waals surface area contributed by atoms with E-state index in [1.807, 2.05) is 27.7 Å². The summed E-state index contributed by atoms with van der Waals surface area (Å²) in [6, 6.07) is 0. The first kappa shape index (κ1) is 15.9. The summed E-state index contributed by atoms with van der Waals surface area (Å²) in [6.45, 7) is 8.44. The fourth-order valence-corrected chi connectivity index (χ4v) is 1.64. The van der Waals surface area contributed by atoms with Crippen LogP contribution >= 0.6 is 0 Å². The van der Waals surface area contributed by atoms with Crippen molar-refractivity contribution in [3.8, 4) is 0 Å². The molecule has 0 radical (unpaired) electrons. The first-order chi connectivity index (χ1) is 7.70. The van der Waals surface area contributed by atoms with Crippen LogP contribution < -0.4 is 5.32 Å². The summed E-state index contributed by atoms with van der Waals surface area (Å²) >= 11 is 0. The summed E-state index contributed by atoms with van der Waals surface area (Å²) in [7, 11) is 1.79. The van der Waals surface area contributed by atoms with Gasteiger partial charge in [0.05, 0.1) is 6.42 Å². The minimum Gasteiger partial charge on any atom is -0.481 e. The molecule has 0 aromatic heterocycles. The number of aliphatic carboxylic acids is 1. The van der Waals surface area contributed by atoms with Gasteiger partial charge in [0.25, 0.3) is 0 Å². The molecule has 0 aromatic carbocycles. The van der Waals surface area contributed by atoms with Crippen LogP contribution in [-0.2, 0) is 9.59 Å². The summed E-state index contributed by atoms with van der Waals surface area (Å²) in [6.07, 6.45) is -0.0186. The molecule has 0 spiro atoms. The van der Waals surface area contributed by atoms with E-state index in [1.54, 1.807) is 11.9 Å². The molecule has 1 amide bonds. The molecule has 0 heterocycles. The van der Waals surface area contributed by atoms with Crippen molar-refractivity contribution in [2.45, 2.75) is 39.7 Å². The van der Waals surface area contributed by atoms with Crippen molar-refractivity contribution in [1.82, 2.24) is 10.2 Å². The first-order valence-electron chi connectivity index (χ1n) is 5.88. The van der Waals surface area contributed by atoms with E-state index in [4.69, 9.17) is 5.11 Å². The number of carboxylic acid groups (broad SMARTS) is 1. The van der Waals surface area contributed by atoms with E-state index in [9.17, 15) is 9.59 Å². The molecule has 1 unspecified atom stereocenters. The second kappa shape index (κ2) is 6.59. The van der Waals surface area contributed by atoms with Gasteiger partial charge in [0.1, 0.15) is 0 Å². The molecule has 2 N–H and O–H groups in total. The van der Waals surface area contributed by atoms with Crippen LogP contribution in [0, 0.1) is 5.92 Å². The van der Waals surface area contributed by atoms with E-state index < -0.39 is 5.97 Å². The van der Waals surface area contributed by atoms with Crippen molar-refractivity contribution >= 4 is 11.9 Å². The largest absolute Gasteiger partial charge is 0.481 e. The minimum atomic E-state index is -0.881. The molecule has 0 rings (SSSR count). The van der Waals surface area contributed by atoms with Crippen LogP contribution in [-0.4, -0.2) is 47.6 Å². The van der Waals surface area contributed by atoms with Crippen molar-refractivity contribution in [1.29, 1.82) is 0 Å². The van der Waals surface area contributed by atoms with Crippen molar-refractivity contribution in [2.75, 3.05) is 20.1 Å². The number of rotatable bonds is 6. The van der Waals surface area contributed by atoms with Crippen LogP contribution in [0.4, 0.5) is 0 Å². The van der Waals surface area contributed by atoms with Gasteiger partial charge in [-0.15, -0.1) is 0 Å². The summed E-state index contributed by atoms with van der Waals surface area (Å²) in [5.41, 5.74) is -0.353. The van der Waals surface area contributed by atoms with E-state index >= 15 is 0 Å². The molecular weight excluding hydrogens is 220 g/mol. The molecule has 0 aliphatic heterocycles. The van der Waals surface area contributed by atoms with Gasteiger partial charge in [-0.25, -0.2) is 0 Å². The molecule has 0 aliphatic rings.